The van der Waals surface area contributed by atoms with Crippen molar-refractivity contribution in [2.75, 3.05) is 6.61 Å². The summed E-state index contributed by atoms with van der Waals surface area (Å²) in [7, 11) is -1.60. The smallest absolute Gasteiger partial charge is 0.191 e. The minimum atomic E-state index is -1.60. The normalized spacial score (nSPS) is 14.6. The first kappa shape index (κ1) is 25.1. The zero-order chi connectivity index (χ0) is 21.3. The molecule has 0 amide bonds. The van der Waals surface area contributed by atoms with Crippen LogP contribution in [-0.4, -0.2) is 19.9 Å². The van der Waals surface area contributed by atoms with Crippen molar-refractivity contribution in [2.24, 2.45) is 11.3 Å². The van der Waals surface area contributed by atoms with Crippen molar-refractivity contribution in [3.63, 3.8) is 0 Å². The van der Waals surface area contributed by atoms with Crippen LogP contribution in [0.4, 0.5) is 0 Å². The number of unbranched alkanes of at least 4 members (excludes halogenated alkanes) is 1. The molecule has 1 unspecified atom stereocenters. The first-order chi connectivity index (χ1) is 13.0. The van der Waals surface area contributed by atoms with Gasteiger partial charge in [0.1, 0.15) is 0 Å². The molecular formula is C25H45NOSi. The fraction of sp³-hybridized carbons (Fsp3) is 0.720. The molecule has 0 radical (unpaired) electrons. The lowest BCUT2D eigenvalue weighted by Crippen LogP contribution is -2.40. The molecule has 0 fully saturated rings. The number of rotatable bonds is 12. The van der Waals surface area contributed by atoms with Gasteiger partial charge in [0.15, 0.2) is 8.32 Å². The van der Waals surface area contributed by atoms with Gasteiger partial charge < -0.3 is 4.43 Å². The molecule has 0 aliphatic rings. The van der Waals surface area contributed by atoms with Gasteiger partial charge in [0.05, 0.1) is 0 Å². The molecule has 0 spiro atoms. The average Bonchev–Trinajstić information content (AvgIpc) is 2.61. The second-order valence-corrected chi connectivity index (χ2v) is 15.4. The van der Waals surface area contributed by atoms with Crippen molar-refractivity contribution < 1.29 is 4.43 Å². The number of nitrogens with zero attached hydrogens (tertiary/aromatic N) is 1. The first-order valence-electron chi connectivity index (χ1n) is 11.2. The molecule has 1 aromatic heterocycles. The predicted octanol–water partition coefficient (Wildman–Crippen LogP) is 8.12. The minimum absolute atomic E-state index is 0.303. The van der Waals surface area contributed by atoms with E-state index in [0.717, 1.165) is 18.9 Å². The lowest BCUT2D eigenvalue weighted by molar-refractivity contribution is 0.235. The lowest BCUT2D eigenvalue weighted by Gasteiger charge is -2.36. The Morgan fingerprint density at radius 3 is 2.43 bits per heavy atom. The van der Waals surface area contributed by atoms with Gasteiger partial charge in [-0.05, 0) is 60.4 Å². The highest BCUT2D eigenvalue weighted by atomic mass is 28.4. The van der Waals surface area contributed by atoms with Gasteiger partial charge in [-0.25, -0.2) is 0 Å². The second kappa shape index (κ2) is 11.3. The van der Waals surface area contributed by atoms with E-state index in [2.05, 4.69) is 77.8 Å². The maximum Gasteiger partial charge on any atom is 0.191 e. The highest BCUT2D eigenvalue weighted by Crippen LogP contribution is 2.37. The average molecular weight is 404 g/mol. The summed E-state index contributed by atoms with van der Waals surface area (Å²) < 4.78 is 6.35. The van der Waals surface area contributed by atoms with Gasteiger partial charge in [-0.1, -0.05) is 79.0 Å². The van der Waals surface area contributed by atoms with Crippen LogP contribution < -0.4 is 0 Å². The quantitative estimate of drug-likeness (QED) is 0.259. The van der Waals surface area contributed by atoms with E-state index in [4.69, 9.17) is 4.43 Å². The topological polar surface area (TPSA) is 22.1 Å². The van der Waals surface area contributed by atoms with E-state index in [1.807, 2.05) is 18.5 Å². The Morgan fingerprint density at radius 2 is 1.86 bits per heavy atom. The van der Waals surface area contributed by atoms with E-state index >= 15 is 0 Å². The maximum absolute atomic E-state index is 6.35. The molecule has 0 aliphatic heterocycles. The van der Waals surface area contributed by atoms with Crippen LogP contribution >= 0.6 is 0 Å². The van der Waals surface area contributed by atoms with Crippen LogP contribution in [0.5, 0.6) is 0 Å². The fourth-order valence-electron chi connectivity index (χ4n) is 3.18. The second-order valence-electron chi connectivity index (χ2n) is 10.6. The number of hydrogen-bond acceptors (Lipinski definition) is 2. The van der Waals surface area contributed by atoms with Gasteiger partial charge in [-0.15, -0.1) is 0 Å². The number of hydrogen-bond donors (Lipinski definition) is 0. The summed E-state index contributed by atoms with van der Waals surface area (Å²) in [6, 6.07) is 4.12. The fourth-order valence-corrected chi connectivity index (χ4v) is 4.27. The van der Waals surface area contributed by atoms with Crippen LogP contribution in [0.2, 0.25) is 18.1 Å². The Bertz CT molecular complexity index is 572. The molecule has 1 heterocycles. The maximum atomic E-state index is 6.35. The molecule has 2 nitrogen and oxygen atoms in total. The van der Waals surface area contributed by atoms with Gasteiger partial charge in [0.25, 0.3) is 0 Å². The zero-order valence-corrected chi connectivity index (χ0v) is 20.8. The van der Waals surface area contributed by atoms with Crippen LogP contribution in [0.25, 0.3) is 6.08 Å². The Hall–Kier alpha value is -0.933. The molecule has 1 atom stereocenters. The van der Waals surface area contributed by atoms with Crippen molar-refractivity contribution >= 4 is 14.4 Å². The molecule has 0 saturated carbocycles. The molecule has 0 aliphatic carbocycles. The molecule has 1 rings (SSSR count). The van der Waals surface area contributed by atoms with Crippen molar-refractivity contribution in [1.82, 2.24) is 4.98 Å². The van der Waals surface area contributed by atoms with Crippen molar-refractivity contribution in [3.8, 4) is 0 Å². The van der Waals surface area contributed by atoms with Crippen LogP contribution in [0, 0.1) is 11.3 Å². The Balaban J connectivity index is 2.50. The van der Waals surface area contributed by atoms with E-state index in [0.29, 0.717) is 10.5 Å². The first-order valence-corrected chi connectivity index (χ1v) is 14.1. The third-order valence-corrected chi connectivity index (χ3v) is 11.1. The molecule has 160 valence electrons. The standard InChI is InChI=1S/C25H45NOSi/c1-9-25(5,6)20-22(15-12-16-23-17-13-18-26-21-23)14-10-11-19-27-28(7,8)24(2,3)4/h12-13,16-18,21-22H,9-11,14-15,19-20H2,1-8H3. The van der Waals surface area contributed by atoms with Crippen molar-refractivity contribution in [2.45, 2.75) is 98.2 Å². The SMILES string of the molecule is CCC(C)(C)CC(CC=Cc1cccnc1)CCCCO[Si](C)(C)C(C)(C)C. The van der Waals surface area contributed by atoms with Gasteiger partial charge in [0.2, 0.25) is 0 Å². The summed E-state index contributed by atoms with van der Waals surface area (Å²) in [5.74, 6) is 0.746. The van der Waals surface area contributed by atoms with Crippen LogP contribution in [0.3, 0.4) is 0 Å². The summed E-state index contributed by atoms with van der Waals surface area (Å²) in [4.78, 5) is 4.20. The third kappa shape index (κ3) is 9.51. The predicted molar refractivity (Wildman–Crippen MR) is 127 cm³/mol. The summed E-state index contributed by atoms with van der Waals surface area (Å²) in [6.07, 6.45) is 15.8. The van der Waals surface area contributed by atoms with E-state index in [9.17, 15) is 0 Å². The molecule has 0 N–H and O–H groups in total. The molecule has 0 saturated heterocycles. The molecule has 1 aromatic rings. The lowest BCUT2D eigenvalue weighted by atomic mass is 9.78. The monoisotopic (exact) mass is 403 g/mol. The van der Waals surface area contributed by atoms with Gasteiger partial charge in [0, 0.05) is 19.0 Å². The van der Waals surface area contributed by atoms with Gasteiger partial charge in [-0.2, -0.15) is 0 Å². The highest BCUT2D eigenvalue weighted by Gasteiger charge is 2.36. The van der Waals surface area contributed by atoms with E-state index in [1.54, 1.807) is 0 Å². The molecular weight excluding hydrogens is 358 g/mol. The van der Waals surface area contributed by atoms with Crippen molar-refractivity contribution in [1.29, 1.82) is 0 Å². The Morgan fingerprint density at radius 1 is 1.14 bits per heavy atom. The highest BCUT2D eigenvalue weighted by molar-refractivity contribution is 6.74. The molecule has 0 bridgehead atoms. The van der Waals surface area contributed by atoms with Crippen molar-refractivity contribution in [3.05, 3.63) is 36.2 Å². The molecule has 28 heavy (non-hydrogen) atoms. The summed E-state index contributed by atoms with van der Waals surface area (Å²) in [5.41, 5.74) is 1.61. The Labute approximate surface area is 176 Å². The number of aromatic nitrogens is 1. The molecule has 0 aromatic carbocycles. The minimum Gasteiger partial charge on any atom is -0.417 e. The summed E-state index contributed by atoms with van der Waals surface area (Å²) in [6.45, 7) is 19.7. The van der Waals surface area contributed by atoms with E-state index < -0.39 is 8.32 Å². The van der Waals surface area contributed by atoms with Crippen LogP contribution in [0.1, 0.15) is 85.6 Å². The third-order valence-electron chi connectivity index (χ3n) is 6.54. The summed E-state index contributed by atoms with van der Waals surface area (Å²) in [5, 5.41) is 0.303. The van der Waals surface area contributed by atoms with E-state index in [-0.39, 0.29) is 0 Å². The molecule has 3 heteroatoms. The zero-order valence-electron chi connectivity index (χ0n) is 19.8. The van der Waals surface area contributed by atoms with Crippen LogP contribution in [0.15, 0.2) is 30.6 Å². The Kier molecular flexibility index (Phi) is 10.1. The number of pyridine rings is 1. The number of allylic oxidation sites excluding steroid dienone is 1. The van der Waals surface area contributed by atoms with Crippen LogP contribution in [-0.2, 0) is 4.43 Å². The largest absolute Gasteiger partial charge is 0.417 e. The van der Waals surface area contributed by atoms with Gasteiger partial charge in [-0.3, -0.25) is 4.98 Å². The van der Waals surface area contributed by atoms with E-state index in [1.165, 1.54) is 37.7 Å². The summed E-state index contributed by atoms with van der Waals surface area (Å²) >= 11 is 0. The van der Waals surface area contributed by atoms with Gasteiger partial charge >= 0.3 is 0 Å².